The molecule has 2 unspecified atom stereocenters. The van der Waals surface area contributed by atoms with Gasteiger partial charge in [-0.2, -0.15) is 0 Å². The first kappa shape index (κ1) is 14.0. The Labute approximate surface area is 104 Å². The van der Waals surface area contributed by atoms with Gasteiger partial charge in [0, 0.05) is 24.2 Å². The summed E-state index contributed by atoms with van der Waals surface area (Å²) in [7, 11) is 0. The van der Waals surface area contributed by atoms with E-state index in [1.54, 1.807) is 0 Å². The van der Waals surface area contributed by atoms with Crippen LogP contribution in [0.1, 0.15) is 39.3 Å². The highest BCUT2D eigenvalue weighted by Crippen LogP contribution is 2.25. The average Bonchev–Trinajstić information content (AvgIpc) is 2.28. The van der Waals surface area contributed by atoms with Gasteiger partial charge in [-0.1, -0.05) is 18.2 Å². The van der Waals surface area contributed by atoms with E-state index in [0.717, 1.165) is 5.75 Å². The second-order valence-corrected chi connectivity index (χ2v) is 4.73. The molecule has 0 aliphatic heterocycles. The van der Waals surface area contributed by atoms with Gasteiger partial charge in [0.05, 0.1) is 6.10 Å². The molecule has 0 aliphatic rings. The van der Waals surface area contributed by atoms with Gasteiger partial charge in [-0.25, -0.2) is 0 Å². The molecule has 1 rings (SSSR count). The minimum absolute atomic E-state index is 0.190. The van der Waals surface area contributed by atoms with E-state index in [9.17, 15) is 0 Å². The van der Waals surface area contributed by atoms with Crippen LogP contribution in [0.3, 0.4) is 0 Å². The van der Waals surface area contributed by atoms with E-state index in [4.69, 9.17) is 10.5 Å². The minimum Gasteiger partial charge on any atom is -0.491 e. The van der Waals surface area contributed by atoms with Crippen molar-refractivity contribution in [2.75, 3.05) is 6.54 Å². The third kappa shape index (κ3) is 4.36. The molecule has 0 heterocycles. The van der Waals surface area contributed by atoms with Gasteiger partial charge in [-0.05, 0) is 33.8 Å². The molecule has 96 valence electrons. The van der Waals surface area contributed by atoms with Crippen molar-refractivity contribution in [3.63, 3.8) is 0 Å². The molecule has 0 saturated carbocycles. The molecule has 1 aromatic rings. The van der Waals surface area contributed by atoms with E-state index in [2.05, 4.69) is 25.2 Å². The lowest BCUT2D eigenvalue weighted by molar-refractivity contribution is 0.237. The molecule has 0 saturated heterocycles. The van der Waals surface area contributed by atoms with Crippen molar-refractivity contribution in [3.05, 3.63) is 29.8 Å². The summed E-state index contributed by atoms with van der Waals surface area (Å²) in [6, 6.07) is 8.69. The number of rotatable bonds is 6. The zero-order valence-corrected chi connectivity index (χ0v) is 11.2. The molecule has 0 fully saturated rings. The molecule has 3 heteroatoms. The Kier molecular flexibility index (Phi) is 5.45. The maximum Gasteiger partial charge on any atom is 0.124 e. The molecule has 1 aromatic carbocycles. The number of hydrogen-bond donors (Lipinski definition) is 2. The van der Waals surface area contributed by atoms with Crippen LogP contribution in [0.4, 0.5) is 0 Å². The summed E-state index contributed by atoms with van der Waals surface area (Å²) in [5, 5.41) is 3.45. The van der Waals surface area contributed by atoms with Crippen LogP contribution in [0.25, 0.3) is 0 Å². The lowest BCUT2D eigenvalue weighted by atomic mass is 10.1. The van der Waals surface area contributed by atoms with Crippen LogP contribution < -0.4 is 15.8 Å². The number of para-hydroxylation sites is 1. The first-order valence-electron chi connectivity index (χ1n) is 6.26. The molecular weight excluding hydrogens is 212 g/mol. The predicted octanol–water partition coefficient (Wildman–Crippen LogP) is 2.47. The van der Waals surface area contributed by atoms with Crippen LogP contribution in [0, 0.1) is 0 Å². The number of ether oxygens (including phenoxy) is 1. The van der Waals surface area contributed by atoms with Gasteiger partial charge in [-0.15, -0.1) is 0 Å². The predicted molar refractivity (Wildman–Crippen MR) is 72.3 cm³/mol. The Morgan fingerprint density at radius 3 is 2.41 bits per heavy atom. The number of hydrogen-bond acceptors (Lipinski definition) is 3. The fraction of sp³-hybridized carbons (Fsp3) is 0.571. The van der Waals surface area contributed by atoms with Crippen LogP contribution in [-0.4, -0.2) is 18.7 Å². The smallest absolute Gasteiger partial charge is 0.124 e. The van der Waals surface area contributed by atoms with Gasteiger partial charge in [0.1, 0.15) is 5.75 Å². The third-order valence-electron chi connectivity index (χ3n) is 2.64. The Bertz CT molecular complexity index is 339. The topological polar surface area (TPSA) is 47.3 Å². The quantitative estimate of drug-likeness (QED) is 0.797. The van der Waals surface area contributed by atoms with E-state index >= 15 is 0 Å². The summed E-state index contributed by atoms with van der Waals surface area (Å²) in [5.74, 6) is 0.951. The van der Waals surface area contributed by atoms with Crippen LogP contribution >= 0.6 is 0 Å². The van der Waals surface area contributed by atoms with Crippen molar-refractivity contribution in [3.8, 4) is 5.75 Å². The van der Waals surface area contributed by atoms with Gasteiger partial charge in [0.25, 0.3) is 0 Å². The Balaban J connectivity index is 2.81. The molecule has 0 aromatic heterocycles. The zero-order chi connectivity index (χ0) is 12.8. The SMILES string of the molecule is CC(CN)NC(C)c1ccccc1OC(C)C. The van der Waals surface area contributed by atoms with Crippen molar-refractivity contribution in [1.29, 1.82) is 0 Å². The standard InChI is InChI=1S/C14H24N2O/c1-10(2)17-14-8-6-5-7-13(14)12(4)16-11(3)9-15/h5-8,10-12,16H,9,15H2,1-4H3. The highest BCUT2D eigenvalue weighted by atomic mass is 16.5. The molecule has 3 nitrogen and oxygen atoms in total. The minimum atomic E-state index is 0.190. The van der Waals surface area contributed by atoms with Crippen LogP contribution in [-0.2, 0) is 0 Å². The van der Waals surface area contributed by atoms with Gasteiger partial charge in [-0.3, -0.25) is 0 Å². The van der Waals surface area contributed by atoms with Gasteiger partial charge >= 0.3 is 0 Å². The first-order valence-corrected chi connectivity index (χ1v) is 6.26. The van der Waals surface area contributed by atoms with Crippen molar-refractivity contribution in [1.82, 2.24) is 5.32 Å². The molecule has 0 bridgehead atoms. The second kappa shape index (κ2) is 6.62. The van der Waals surface area contributed by atoms with Crippen molar-refractivity contribution < 1.29 is 4.74 Å². The van der Waals surface area contributed by atoms with Gasteiger partial charge in [0.15, 0.2) is 0 Å². The molecule has 2 atom stereocenters. The van der Waals surface area contributed by atoms with Crippen LogP contribution in [0.15, 0.2) is 24.3 Å². The summed E-state index contributed by atoms with van der Waals surface area (Å²) >= 11 is 0. The number of nitrogens with two attached hydrogens (primary N) is 1. The number of nitrogens with one attached hydrogen (secondary N) is 1. The Morgan fingerprint density at radius 2 is 1.82 bits per heavy atom. The Morgan fingerprint density at radius 1 is 1.18 bits per heavy atom. The molecule has 0 spiro atoms. The zero-order valence-electron chi connectivity index (χ0n) is 11.2. The first-order chi connectivity index (χ1) is 8.04. The second-order valence-electron chi connectivity index (χ2n) is 4.73. The highest BCUT2D eigenvalue weighted by molar-refractivity contribution is 5.35. The molecule has 17 heavy (non-hydrogen) atoms. The van der Waals surface area contributed by atoms with E-state index < -0.39 is 0 Å². The maximum absolute atomic E-state index is 5.81. The normalized spacial score (nSPS) is 14.7. The van der Waals surface area contributed by atoms with E-state index in [1.165, 1.54) is 5.56 Å². The lowest BCUT2D eigenvalue weighted by Gasteiger charge is -2.22. The Hall–Kier alpha value is -1.06. The van der Waals surface area contributed by atoms with E-state index in [1.807, 2.05) is 32.0 Å². The highest BCUT2D eigenvalue weighted by Gasteiger charge is 2.13. The molecule has 0 radical (unpaired) electrons. The largest absolute Gasteiger partial charge is 0.491 e. The van der Waals surface area contributed by atoms with Gasteiger partial charge in [0.2, 0.25) is 0 Å². The van der Waals surface area contributed by atoms with Crippen LogP contribution in [0.5, 0.6) is 5.75 Å². The monoisotopic (exact) mass is 236 g/mol. The van der Waals surface area contributed by atoms with Crippen molar-refractivity contribution >= 4 is 0 Å². The summed E-state index contributed by atoms with van der Waals surface area (Å²) in [6.45, 7) is 8.93. The lowest BCUT2D eigenvalue weighted by Crippen LogP contribution is -2.35. The molecule has 3 N–H and O–H groups in total. The summed E-state index contributed by atoms with van der Waals surface area (Å²) in [6.07, 6.45) is 0.190. The molecule has 0 amide bonds. The average molecular weight is 236 g/mol. The fourth-order valence-corrected chi connectivity index (χ4v) is 1.78. The van der Waals surface area contributed by atoms with Crippen molar-refractivity contribution in [2.45, 2.75) is 45.9 Å². The maximum atomic E-state index is 5.81. The van der Waals surface area contributed by atoms with Crippen LogP contribution in [0.2, 0.25) is 0 Å². The molecule has 0 aliphatic carbocycles. The van der Waals surface area contributed by atoms with E-state index in [-0.39, 0.29) is 12.1 Å². The van der Waals surface area contributed by atoms with Gasteiger partial charge < -0.3 is 15.8 Å². The number of benzene rings is 1. The van der Waals surface area contributed by atoms with Crippen molar-refractivity contribution in [2.24, 2.45) is 5.73 Å². The summed E-state index contributed by atoms with van der Waals surface area (Å²) in [5.41, 5.74) is 6.81. The fourth-order valence-electron chi connectivity index (χ4n) is 1.78. The molecular formula is C14H24N2O. The summed E-state index contributed by atoms with van der Waals surface area (Å²) < 4.78 is 5.81. The third-order valence-corrected chi connectivity index (χ3v) is 2.64. The summed E-state index contributed by atoms with van der Waals surface area (Å²) in [4.78, 5) is 0. The van der Waals surface area contributed by atoms with E-state index in [0.29, 0.717) is 12.6 Å².